The van der Waals surface area contributed by atoms with Gasteiger partial charge in [-0.05, 0) is 54.7 Å². The van der Waals surface area contributed by atoms with E-state index in [1.807, 2.05) is 13.0 Å². The zero-order valence-corrected chi connectivity index (χ0v) is 19.8. The number of fused-ring (bicyclic) bond motifs is 1. The summed E-state index contributed by atoms with van der Waals surface area (Å²) in [6, 6.07) is 6.05. The van der Waals surface area contributed by atoms with Gasteiger partial charge in [-0.2, -0.15) is 5.26 Å². The molecule has 8 nitrogen and oxygen atoms in total. The minimum absolute atomic E-state index is 0.0453. The first-order chi connectivity index (χ1) is 15.8. The van der Waals surface area contributed by atoms with E-state index in [2.05, 4.69) is 29.9 Å². The van der Waals surface area contributed by atoms with Crippen molar-refractivity contribution in [3.8, 4) is 6.07 Å². The summed E-state index contributed by atoms with van der Waals surface area (Å²) >= 11 is 0. The van der Waals surface area contributed by atoms with Gasteiger partial charge in [0.05, 0.1) is 16.8 Å². The highest BCUT2D eigenvalue weighted by Crippen LogP contribution is 2.42. The number of hydrogen-bond donors (Lipinski definition) is 4. The van der Waals surface area contributed by atoms with Crippen molar-refractivity contribution in [1.82, 2.24) is 9.97 Å². The second kappa shape index (κ2) is 9.61. The van der Waals surface area contributed by atoms with Gasteiger partial charge in [-0.25, -0.2) is 9.97 Å². The number of aliphatic hydroxyl groups is 3. The summed E-state index contributed by atoms with van der Waals surface area (Å²) in [5.41, 5.74) is 7.57. The molecule has 5 N–H and O–H groups in total. The van der Waals surface area contributed by atoms with Crippen molar-refractivity contribution in [3.63, 3.8) is 0 Å². The molecule has 6 radical (unpaired) electrons. The normalized spacial score (nSPS) is 17.0. The Labute approximate surface area is 204 Å². The van der Waals surface area contributed by atoms with Gasteiger partial charge in [-0.3, -0.25) is 0 Å². The van der Waals surface area contributed by atoms with E-state index in [0.29, 0.717) is 58.9 Å². The van der Waals surface area contributed by atoms with Crippen LogP contribution in [0.2, 0.25) is 0 Å². The lowest BCUT2D eigenvalue weighted by Crippen LogP contribution is -2.63. The fourth-order valence-corrected chi connectivity index (χ4v) is 4.69. The predicted octanol–water partition coefficient (Wildman–Crippen LogP) is 0.790. The smallest absolute Gasteiger partial charge is 0.191 e. The van der Waals surface area contributed by atoms with Crippen LogP contribution in [0.3, 0.4) is 0 Å². The van der Waals surface area contributed by atoms with Crippen LogP contribution < -0.4 is 10.6 Å². The van der Waals surface area contributed by atoms with Crippen LogP contribution in [-0.4, -0.2) is 60.2 Å². The highest BCUT2D eigenvalue weighted by atomic mass is 16.5. The van der Waals surface area contributed by atoms with Crippen molar-refractivity contribution in [2.24, 2.45) is 0 Å². The zero-order chi connectivity index (χ0) is 25.4. The van der Waals surface area contributed by atoms with Crippen LogP contribution in [-0.2, 0) is 19.3 Å². The topological polar surface area (TPSA) is 140 Å². The third kappa shape index (κ3) is 4.95. The quantitative estimate of drug-likeness (QED) is 0.273. The zero-order valence-electron chi connectivity index (χ0n) is 19.8. The summed E-state index contributed by atoms with van der Waals surface area (Å²) in [7, 11) is 16.7. The molecule has 0 bridgehead atoms. The molecule has 2 aromatic rings. The monoisotopic (exact) mass is 455 g/mol. The van der Waals surface area contributed by atoms with Crippen molar-refractivity contribution < 1.29 is 15.3 Å². The van der Waals surface area contributed by atoms with Crippen LogP contribution in [0.4, 0.5) is 11.5 Å². The van der Waals surface area contributed by atoms with E-state index in [1.54, 1.807) is 6.07 Å². The molecule has 1 aromatic heterocycles. The first kappa shape index (κ1) is 26.1. The summed E-state index contributed by atoms with van der Waals surface area (Å²) < 4.78 is 0. The van der Waals surface area contributed by atoms with Crippen LogP contribution >= 0.6 is 0 Å². The third-order valence-electron chi connectivity index (χ3n) is 6.49. The second-order valence-corrected chi connectivity index (χ2v) is 8.94. The van der Waals surface area contributed by atoms with Crippen LogP contribution in [0.25, 0.3) is 0 Å². The number of aromatic nitrogens is 2. The molecule has 2 atom stereocenters. The number of hydrogen-bond acceptors (Lipinski definition) is 8. The van der Waals surface area contributed by atoms with Gasteiger partial charge < -0.3 is 26.0 Å². The molecule has 0 saturated heterocycles. The number of nitrogens with two attached hydrogens (primary N) is 1. The summed E-state index contributed by atoms with van der Waals surface area (Å²) in [5.74, 6) is -2.54. The summed E-state index contributed by atoms with van der Waals surface area (Å²) in [6.07, 6.45) is 2.80. The molecule has 0 saturated carbocycles. The Hall–Kier alpha value is -2.54. The Morgan fingerprint density at radius 3 is 2.44 bits per heavy atom. The lowest BCUT2D eigenvalue weighted by Gasteiger charge is -2.45. The third-order valence-corrected chi connectivity index (χ3v) is 6.49. The van der Waals surface area contributed by atoms with Crippen molar-refractivity contribution in [3.05, 3.63) is 45.9 Å². The molecule has 172 valence electrons. The van der Waals surface area contributed by atoms with Gasteiger partial charge in [0, 0.05) is 17.7 Å². The minimum atomic E-state index is -3.08. The minimum Gasteiger partial charge on any atom is -0.398 e. The van der Waals surface area contributed by atoms with Crippen molar-refractivity contribution in [2.75, 3.05) is 10.6 Å². The van der Waals surface area contributed by atoms with Crippen LogP contribution in [0.15, 0.2) is 12.1 Å². The van der Waals surface area contributed by atoms with Gasteiger partial charge in [0.1, 0.15) is 33.4 Å². The number of benzene rings is 1. The summed E-state index contributed by atoms with van der Waals surface area (Å²) in [4.78, 5) is 9.50. The highest BCUT2D eigenvalue weighted by Gasteiger charge is 2.40. The van der Waals surface area contributed by atoms with Crippen molar-refractivity contribution in [1.29, 1.82) is 5.26 Å². The fraction of sp³-hybridized carbons (Fsp3) is 0.522. The first-order valence-corrected chi connectivity index (χ1v) is 11.4. The van der Waals surface area contributed by atoms with Gasteiger partial charge in [0.2, 0.25) is 0 Å². The molecule has 1 unspecified atom stereocenters. The number of aryl methyl sites for hydroxylation is 1. The summed E-state index contributed by atoms with van der Waals surface area (Å²) in [5, 5.41) is 40.4. The molecule has 11 heteroatoms. The number of nitriles is 1. The van der Waals surface area contributed by atoms with Gasteiger partial charge in [-0.1, -0.05) is 26.8 Å². The Balaban J connectivity index is 2.18. The number of rotatable bonds is 7. The molecule has 1 aliphatic rings. The number of nitrogen functional groups attached to an aromatic ring is 1. The van der Waals surface area contributed by atoms with Gasteiger partial charge in [0.15, 0.2) is 13.7 Å². The van der Waals surface area contributed by atoms with E-state index < -0.39 is 11.3 Å². The predicted molar refractivity (Wildman–Crippen MR) is 132 cm³/mol. The Bertz CT molecular complexity index is 1090. The highest BCUT2D eigenvalue weighted by molar-refractivity contribution is 6.40. The molecule has 34 heavy (non-hydrogen) atoms. The van der Waals surface area contributed by atoms with Crippen LogP contribution in [0.1, 0.15) is 79.2 Å². The van der Waals surface area contributed by atoms with E-state index in [9.17, 15) is 20.6 Å². The van der Waals surface area contributed by atoms with E-state index in [-0.39, 0.29) is 17.7 Å². The maximum Gasteiger partial charge on any atom is 0.191 e. The van der Waals surface area contributed by atoms with Gasteiger partial charge >= 0.3 is 0 Å². The molecule has 3 rings (SSSR count). The average Bonchev–Trinajstić information content (AvgIpc) is 2.75. The maximum atomic E-state index is 10.3. The maximum absolute atomic E-state index is 10.3. The second-order valence-electron chi connectivity index (χ2n) is 8.94. The molecule has 1 aliphatic carbocycles. The van der Waals surface area contributed by atoms with Crippen molar-refractivity contribution >= 4 is 35.0 Å². The molecule has 0 aliphatic heterocycles. The molecule has 0 spiro atoms. The van der Waals surface area contributed by atoms with E-state index in [0.717, 1.165) is 17.5 Å². The molecule has 0 amide bonds. The number of nitrogens with zero attached hydrogens (tertiary/aromatic N) is 4. The molecule has 1 aromatic carbocycles. The lowest BCUT2D eigenvalue weighted by molar-refractivity contribution is -0.104. The van der Waals surface area contributed by atoms with Gasteiger partial charge in [-0.15, -0.1) is 0 Å². The largest absolute Gasteiger partial charge is 0.398 e. The first-order valence-electron chi connectivity index (χ1n) is 11.4. The Morgan fingerprint density at radius 2 is 1.91 bits per heavy atom. The van der Waals surface area contributed by atoms with E-state index in [1.165, 1.54) is 0 Å². The molecular weight excluding hydrogens is 427 g/mol. The fourth-order valence-electron chi connectivity index (χ4n) is 4.69. The van der Waals surface area contributed by atoms with Crippen LogP contribution in [0.5, 0.6) is 0 Å². The van der Waals surface area contributed by atoms with Crippen LogP contribution in [0, 0.1) is 11.3 Å². The molecule has 1 heterocycles. The Morgan fingerprint density at radius 1 is 1.24 bits per heavy atom. The average molecular weight is 455 g/mol. The molecule has 0 fully saturated rings. The van der Waals surface area contributed by atoms with E-state index >= 15 is 0 Å². The Kier molecular flexibility index (Phi) is 7.37. The molecular formula is C23H28B3N5O3. The summed E-state index contributed by atoms with van der Waals surface area (Å²) in [6.45, 7) is 6.05. The van der Waals surface area contributed by atoms with E-state index in [4.69, 9.17) is 29.3 Å². The number of anilines is 2. The van der Waals surface area contributed by atoms with Crippen molar-refractivity contribution in [2.45, 2.75) is 76.0 Å². The SMILES string of the molecule is [B]C([B])(O)N(c1nc(CC)nc2c1CCC(c1c([C@@H](C)CC)ccc(N)c1C#N)C2)C([B])(O)O. The standard InChI is InChI=1S/C23H28B3N5O3/c1-4-12(3)14-8-9-17(28)16(11-27)20(14)13-6-7-15-18(10-13)29-19(5-2)30-21(15)31(22(24,25)32)23(26,33)34/h8-9,12-13,32-34H,4-7,10,28H2,1-3H3/t12-,13?/m0/s1. The lowest BCUT2D eigenvalue weighted by atomic mass is 9.70. The van der Waals surface area contributed by atoms with Gasteiger partial charge in [0.25, 0.3) is 0 Å².